The fourth-order valence-electron chi connectivity index (χ4n) is 2.63. The van der Waals surface area contributed by atoms with Gasteiger partial charge in [0.15, 0.2) is 0 Å². The fourth-order valence-corrected chi connectivity index (χ4v) is 2.63. The third kappa shape index (κ3) is 4.93. The summed E-state index contributed by atoms with van der Waals surface area (Å²) in [6.07, 6.45) is 1.83. The van der Waals surface area contributed by atoms with Crippen LogP contribution >= 0.6 is 0 Å². The third-order valence-electron chi connectivity index (χ3n) is 3.94. The molecule has 2 amide bonds. The number of amides is 2. The molecule has 0 spiro atoms. The molecule has 0 aliphatic heterocycles. The summed E-state index contributed by atoms with van der Waals surface area (Å²) in [5, 5.41) is 11.6. The number of hydrogen-bond acceptors (Lipinski definition) is 3. The van der Waals surface area contributed by atoms with Gasteiger partial charge >= 0.3 is 0 Å². The SMILES string of the molecule is CCCN(CCC)C(=O)c1ccc(C(=O)Nc2ccc(C#N)cc2)cc1. The number of hydrogen-bond donors (Lipinski definition) is 1. The van der Waals surface area contributed by atoms with Gasteiger partial charge in [0.25, 0.3) is 11.8 Å². The van der Waals surface area contributed by atoms with Crippen LogP contribution in [0.5, 0.6) is 0 Å². The standard InChI is InChI=1S/C21H23N3O2/c1-3-13-24(14-4-2)21(26)18-9-7-17(8-10-18)20(25)23-19-11-5-16(15-22)6-12-19/h5-12H,3-4,13-14H2,1-2H3,(H,23,25). The van der Waals surface area contributed by atoms with Crippen molar-refractivity contribution in [3.8, 4) is 6.07 Å². The van der Waals surface area contributed by atoms with Gasteiger partial charge in [0, 0.05) is 29.9 Å². The topological polar surface area (TPSA) is 73.2 Å². The van der Waals surface area contributed by atoms with E-state index in [9.17, 15) is 9.59 Å². The van der Waals surface area contributed by atoms with E-state index in [4.69, 9.17) is 5.26 Å². The van der Waals surface area contributed by atoms with E-state index in [1.54, 1.807) is 48.5 Å². The highest BCUT2D eigenvalue weighted by molar-refractivity contribution is 6.05. The molecule has 134 valence electrons. The number of rotatable bonds is 7. The van der Waals surface area contributed by atoms with E-state index < -0.39 is 0 Å². The normalized spacial score (nSPS) is 10.0. The highest BCUT2D eigenvalue weighted by Gasteiger charge is 2.15. The van der Waals surface area contributed by atoms with Crippen LogP contribution in [0.15, 0.2) is 48.5 Å². The second-order valence-corrected chi connectivity index (χ2v) is 6.01. The maximum atomic E-state index is 12.6. The average Bonchev–Trinajstić information content (AvgIpc) is 2.68. The van der Waals surface area contributed by atoms with Gasteiger partial charge in [-0.15, -0.1) is 0 Å². The summed E-state index contributed by atoms with van der Waals surface area (Å²) in [6.45, 7) is 5.56. The van der Waals surface area contributed by atoms with Crippen LogP contribution in [-0.4, -0.2) is 29.8 Å². The van der Waals surface area contributed by atoms with E-state index in [1.165, 1.54) is 0 Å². The number of nitrogens with zero attached hydrogens (tertiary/aromatic N) is 2. The van der Waals surface area contributed by atoms with Crippen molar-refractivity contribution in [1.29, 1.82) is 5.26 Å². The van der Waals surface area contributed by atoms with Crippen molar-refractivity contribution < 1.29 is 9.59 Å². The van der Waals surface area contributed by atoms with Gasteiger partial charge in [0.1, 0.15) is 0 Å². The maximum Gasteiger partial charge on any atom is 0.255 e. The minimum absolute atomic E-state index is 0.00671. The maximum absolute atomic E-state index is 12.6. The molecule has 0 atom stereocenters. The zero-order chi connectivity index (χ0) is 18.9. The van der Waals surface area contributed by atoms with Crippen molar-refractivity contribution in [1.82, 2.24) is 4.90 Å². The molecule has 0 saturated carbocycles. The third-order valence-corrected chi connectivity index (χ3v) is 3.94. The van der Waals surface area contributed by atoms with Crippen LogP contribution in [0, 0.1) is 11.3 Å². The van der Waals surface area contributed by atoms with Gasteiger partial charge in [0.05, 0.1) is 11.6 Å². The largest absolute Gasteiger partial charge is 0.339 e. The number of nitriles is 1. The molecular formula is C21H23N3O2. The summed E-state index contributed by atoms with van der Waals surface area (Å²) in [6, 6.07) is 15.4. The summed E-state index contributed by atoms with van der Waals surface area (Å²) in [4.78, 5) is 26.7. The van der Waals surface area contributed by atoms with Crippen molar-refractivity contribution >= 4 is 17.5 Å². The Morgan fingerprint density at radius 1 is 0.923 bits per heavy atom. The summed E-state index contributed by atoms with van der Waals surface area (Å²) in [5.41, 5.74) is 2.21. The van der Waals surface area contributed by atoms with Crippen LogP contribution < -0.4 is 5.32 Å². The van der Waals surface area contributed by atoms with Gasteiger partial charge in [-0.3, -0.25) is 9.59 Å². The van der Waals surface area contributed by atoms with Crippen molar-refractivity contribution in [3.05, 3.63) is 65.2 Å². The molecule has 0 radical (unpaired) electrons. The van der Waals surface area contributed by atoms with Crippen molar-refractivity contribution in [2.75, 3.05) is 18.4 Å². The Balaban J connectivity index is 2.06. The Morgan fingerprint density at radius 2 is 1.46 bits per heavy atom. The van der Waals surface area contributed by atoms with Crippen LogP contribution in [-0.2, 0) is 0 Å². The van der Waals surface area contributed by atoms with Gasteiger partial charge < -0.3 is 10.2 Å². The van der Waals surface area contributed by atoms with Gasteiger partial charge in [-0.25, -0.2) is 0 Å². The molecular weight excluding hydrogens is 326 g/mol. The molecule has 0 bridgehead atoms. The average molecular weight is 349 g/mol. The van der Waals surface area contributed by atoms with E-state index in [0.717, 1.165) is 25.9 Å². The molecule has 5 heteroatoms. The van der Waals surface area contributed by atoms with Crippen molar-refractivity contribution in [3.63, 3.8) is 0 Å². The first-order valence-corrected chi connectivity index (χ1v) is 8.79. The molecule has 2 aromatic carbocycles. The molecule has 0 fully saturated rings. The molecule has 2 rings (SSSR count). The Bertz CT molecular complexity index is 784. The van der Waals surface area contributed by atoms with Crippen LogP contribution in [0.2, 0.25) is 0 Å². The molecule has 2 aromatic rings. The number of benzene rings is 2. The summed E-state index contributed by atoms with van der Waals surface area (Å²) >= 11 is 0. The van der Waals surface area contributed by atoms with Gasteiger partial charge in [-0.05, 0) is 61.4 Å². The molecule has 0 unspecified atom stereocenters. The minimum Gasteiger partial charge on any atom is -0.339 e. The van der Waals surface area contributed by atoms with Gasteiger partial charge in [0.2, 0.25) is 0 Å². The first-order valence-electron chi connectivity index (χ1n) is 8.79. The second kappa shape index (κ2) is 9.38. The summed E-state index contributed by atoms with van der Waals surface area (Å²) in [7, 11) is 0. The van der Waals surface area contributed by atoms with Gasteiger partial charge in [-0.1, -0.05) is 13.8 Å². The van der Waals surface area contributed by atoms with Crippen molar-refractivity contribution in [2.24, 2.45) is 0 Å². The van der Waals surface area contributed by atoms with E-state index in [-0.39, 0.29) is 11.8 Å². The summed E-state index contributed by atoms with van der Waals surface area (Å²) in [5.74, 6) is -0.263. The van der Waals surface area contributed by atoms with Crippen LogP contribution in [0.25, 0.3) is 0 Å². The Hall–Kier alpha value is -3.13. The van der Waals surface area contributed by atoms with E-state index in [2.05, 4.69) is 5.32 Å². The van der Waals surface area contributed by atoms with Gasteiger partial charge in [-0.2, -0.15) is 5.26 Å². The van der Waals surface area contributed by atoms with E-state index >= 15 is 0 Å². The zero-order valence-corrected chi connectivity index (χ0v) is 15.2. The fraction of sp³-hybridized carbons (Fsp3) is 0.286. The lowest BCUT2D eigenvalue weighted by atomic mass is 10.1. The zero-order valence-electron chi connectivity index (χ0n) is 15.2. The number of nitrogens with one attached hydrogen (secondary N) is 1. The van der Waals surface area contributed by atoms with Crippen LogP contribution in [0.1, 0.15) is 53.0 Å². The summed E-state index contributed by atoms with van der Waals surface area (Å²) < 4.78 is 0. The molecule has 0 aliphatic rings. The quantitative estimate of drug-likeness (QED) is 0.819. The Morgan fingerprint density at radius 3 is 1.96 bits per heavy atom. The van der Waals surface area contributed by atoms with Crippen molar-refractivity contribution in [2.45, 2.75) is 26.7 Å². The van der Waals surface area contributed by atoms with Crippen LogP contribution in [0.4, 0.5) is 5.69 Å². The molecule has 0 heterocycles. The highest BCUT2D eigenvalue weighted by Crippen LogP contribution is 2.13. The highest BCUT2D eigenvalue weighted by atomic mass is 16.2. The number of anilines is 1. The number of carbonyl (C=O) groups excluding carboxylic acids is 2. The molecule has 26 heavy (non-hydrogen) atoms. The minimum atomic E-state index is -0.257. The van der Waals surface area contributed by atoms with Crippen LogP contribution in [0.3, 0.4) is 0 Å². The lowest BCUT2D eigenvalue weighted by Crippen LogP contribution is -2.32. The lowest BCUT2D eigenvalue weighted by molar-refractivity contribution is 0.0755. The number of carbonyl (C=O) groups is 2. The molecule has 5 nitrogen and oxygen atoms in total. The first kappa shape index (κ1) is 19.2. The molecule has 0 aromatic heterocycles. The first-order chi connectivity index (χ1) is 12.6. The predicted molar refractivity (Wildman–Crippen MR) is 102 cm³/mol. The molecule has 0 saturated heterocycles. The Kier molecular flexibility index (Phi) is 6.92. The smallest absolute Gasteiger partial charge is 0.255 e. The molecule has 0 aliphatic carbocycles. The van der Waals surface area contributed by atoms with E-state index in [1.807, 2.05) is 24.8 Å². The predicted octanol–water partition coefficient (Wildman–Crippen LogP) is 4.07. The second-order valence-electron chi connectivity index (χ2n) is 6.01. The molecule has 1 N–H and O–H groups in total. The lowest BCUT2D eigenvalue weighted by Gasteiger charge is -2.21. The monoisotopic (exact) mass is 349 g/mol. The van der Waals surface area contributed by atoms with E-state index in [0.29, 0.717) is 22.4 Å². The Labute approximate surface area is 154 Å².